The van der Waals surface area contributed by atoms with Crippen LogP contribution in [-0.2, 0) is 17.8 Å². The van der Waals surface area contributed by atoms with Crippen LogP contribution in [0.2, 0.25) is 5.02 Å². The molecule has 0 saturated heterocycles. The molecule has 0 aliphatic rings. The molecule has 1 heterocycles. The van der Waals surface area contributed by atoms with Crippen molar-refractivity contribution in [3.05, 3.63) is 70.9 Å². The summed E-state index contributed by atoms with van der Waals surface area (Å²) in [5.74, 6) is -0.0383. The number of H-pyrrole nitrogens is 1. The van der Waals surface area contributed by atoms with Crippen molar-refractivity contribution in [1.82, 2.24) is 10.3 Å². The number of carbonyl (C=O) groups is 1. The molecule has 1 amide bonds. The molecule has 0 aliphatic carbocycles. The number of hydrogen-bond donors (Lipinski definition) is 2. The minimum Gasteiger partial charge on any atom is -0.361 e. The molecule has 2 N–H and O–H groups in total. The Morgan fingerprint density at radius 3 is 2.87 bits per heavy atom. The molecule has 0 aliphatic heterocycles. The van der Waals surface area contributed by atoms with Gasteiger partial charge in [-0.2, -0.15) is 0 Å². The third-order valence-electron chi connectivity index (χ3n) is 4.00. The average Bonchev–Trinajstić information content (AvgIpc) is 2.96. The van der Waals surface area contributed by atoms with Gasteiger partial charge in [0.2, 0.25) is 5.91 Å². The van der Waals surface area contributed by atoms with E-state index in [-0.39, 0.29) is 11.8 Å². The van der Waals surface area contributed by atoms with Crippen LogP contribution in [0, 0.1) is 5.92 Å². The Morgan fingerprint density at radius 1 is 1.22 bits per heavy atom. The van der Waals surface area contributed by atoms with Gasteiger partial charge in [-0.25, -0.2) is 0 Å². The van der Waals surface area contributed by atoms with Crippen molar-refractivity contribution in [1.29, 1.82) is 0 Å². The smallest absolute Gasteiger partial charge is 0.223 e. The fourth-order valence-electron chi connectivity index (χ4n) is 2.73. The predicted octanol–water partition coefficient (Wildman–Crippen LogP) is 4.32. The molecule has 0 bridgehead atoms. The maximum Gasteiger partial charge on any atom is 0.223 e. The highest BCUT2D eigenvalue weighted by atomic mass is 35.5. The fraction of sp³-hybridized carbons (Fsp3) is 0.211. The third kappa shape index (κ3) is 3.74. The molecule has 3 aromatic rings. The number of amides is 1. The quantitative estimate of drug-likeness (QED) is 0.720. The summed E-state index contributed by atoms with van der Waals surface area (Å²) in [6.07, 6.45) is 2.71. The maximum absolute atomic E-state index is 12.3. The zero-order valence-corrected chi connectivity index (χ0v) is 13.7. The van der Waals surface area contributed by atoms with Crippen LogP contribution in [0.4, 0.5) is 0 Å². The minimum atomic E-state index is -0.0895. The number of rotatable bonds is 5. The Kier molecular flexibility index (Phi) is 4.68. The number of carbonyl (C=O) groups excluding carboxylic acids is 1. The van der Waals surface area contributed by atoms with E-state index in [0.29, 0.717) is 18.0 Å². The van der Waals surface area contributed by atoms with Gasteiger partial charge in [-0.3, -0.25) is 4.79 Å². The number of aromatic amines is 1. The first-order valence-electron chi connectivity index (χ1n) is 7.70. The Hall–Kier alpha value is -2.26. The minimum absolute atomic E-state index is 0.0512. The molecule has 0 fully saturated rings. The molecule has 0 spiro atoms. The van der Waals surface area contributed by atoms with Gasteiger partial charge < -0.3 is 10.3 Å². The van der Waals surface area contributed by atoms with Crippen LogP contribution in [0.25, 0.3) is 10.9 Å². The van der Waals surface area contributed by atoms with Gasteiger partial charge in [0.05, 0.1) is 0 Å². The van der Waals surface area contributed by atoms with Gasteiger partial charge in [-0.05, 0) is 35.7 Å². The molecule has 0 saturated carbocycles. The molecule has 23 heavy (non-hydrogen) atoms. The topological polar surface area (TPSA) is 44.9 Å². The lowest BCUT2D eigenvalue weighted by Crippen LogP contribution is -2.29. The number of aromatic nitrogens is 1. The molecule has 0 radical (unpaired) electrons. The SMILES string of the molecule is CC(Cc1c[nH]c2ccccc12)C(=O)NCc1cccc(Cl)c1. The second-order valence-corrected chi connectivity index (χ2v) is 6.25. The van der Waals surface area contributed by atoms with E-state index >= 15 is 0 Å². The molecule has 1 atom stereocenters. The van der Waals surface area contributed by atoms with E-state index < -0.39 is 0 Å². The van der Waals surface area contributed by atoms with Gasteiger partial charge in [0.1, 0.15) is 0 Å². The van der Waals surface area contributed by atoms with E-state index in [1.165, 1.54) is 10.9 Å². The summed E-state index contributed by atoms with van der Waals surface area (Å²) in [7, 11) is 0. The average molecular weight is 327 g/mol. The summed E-state index contributed by atoms with van der Waals surface area (Å²) in [5.41, 5.74) is 3.28. The molecule has 2 aromatic carbocycles. The molecule has 3 nitrogen and oxygen atoms in total. The van der Waals surface area contributed by atoms with Crippen molar-refractivity contribution in [3.8, 4) is 0 Å². The van der Waals surface area contributed by atoms with Gasteiger partial charge in [0.25, 0.3) is 0 Å². The number of hydrogen-bond acceptors (Lipinski definition) is 1. The van der Waals surface area contributed by atoms with Gasteiger partial charge in [0.15, 0.2) is 0 Å². The summed E-state index contributed by atoms with van der Waals surface area (Å²) < 4.78 is 0. The summed E-state index contributed by atoms with van der Waals surface area (Å²) in [6.45, 7) is 2.45. The second-order valence-electron chi connectivity index (χ2n) is 5.81. The molecule has 3 rings (SSSR count). The molecular weight excluding hydrogens is 308 g/mol. The first-order chi connectivity index (χ1) is 11.1. The summed E-state index contributed by atoms with van der Waals surface area (Å²) in [5, 5.41) is 4.84. The number of benzene rings is 2. The van der Waals surface area contributed by atoms with Crippen LogP contribution in [0.5, 0.6) is 0 Å². The van der Waals surface area contributed by atoms with Gasteiger partial charge in [-0.15, -0.1) is 0 Å². The highest BCUT2D eigenvalue weighted by Crippen LogP contribution is 2.20. The molecular formula is C19H19ClN2O. The van der Waals surface area contributed by atoms with Crippen LogP contribution >= 0.6 is 11.6 Å². The van der Waals surface area contributed by atoms with E-state index in [1.54, 1.807) is 0 Å². The standard InChI is InChI=1S/C19H19ClN2O/c1-13(9-15-12-21-18-8-3-2-7-17(15)18)19(23)22-11-14-5-4-6-16(20)10-14/h2-8,10,12-13,21H,9,11H2,1H3,(H,22,23). The van der Waals surface area contributed by atoms with E-state index in [1.807, 2.05) is 55.6 Å². The lowest BCUT2D eigenvalue weighted by Gasteiger charge is -2.12. The second kappa shape index (κ2) is 6.88. The van der Waals surface area contributed by atoms with Gasteiger partial charge in [0, 0.05) is 34.6 Å². The first kappa shape index (κ1) is 15.6. The van der Waals surface area contributed by atoms with Crippen molar-refractivity contribution >= 4 is 28.4 Å². The number of para-hydroxylation sites is 1. The Morgan fingerprint density at radius 2 is 2.04 bits per heavy atom. The van der Waals surface area contributed by atoms with E-state index in [2.05, 4.69) is 16.4 Å². The van der Waals surface area contributed by atoms with E-state index in [9.17, 15) is 4.79 Å². The van der Waals surface area contributed by atoms with Gasteiger partial charge >= 0.3 is 0 Å². The third-order valence-corrected chi connectivity index (χ3v) is 4.24. The predicted molar refractivity (Wildman–Crippen MR) is 94.5 cm³/mol. The van der Waals surface area contributed by atoms with Crippen molar-refractivity contribution in [2.75, 3.05) is 0 Å². The summed E-state index contributed by atoms with van der Waals surface area (Å²) in [6, 6.07) is 15.7. The highest BCUT2D eigenvalue weighted by molar-refractivity contribution is 6.30. The van der Waals surface area contributed by atoms with Crippen molar-refractivity contribution < 1.29 is 4.79 Å². The molecule has 1 unspecified atom stereocenters. The maximum atomic E-state index is 12.3. The molecule has 118 valence electrons. The zero-order chi connectivity index (χ0) is 16.2. The normalized spacial score (nSPS) is 12.3. The van der Waals surface area contributed by atoms with Crippen LogP contribution < -0.4 is 5.32 Å². The number of fused-ring (bicyclic) bond motifs is 1. The Bertz CT molecular complexity index is 825. The van der Waals surface area contributed by atoms with Crippen LogP contribution in [-0.4, -0.2) is 10.9 Å². The zero-order valence-electron chi connectivity index (χ0n) is 13.0. The lowest BCUT2D eigenvalue weighted by atomic mass is 10.00. The van der Waals surface area contributed by atoms with Crippen molar-refractivity contribution in [3.63, 3.8) is 0 Å². The van der Waals surface area contributed by atoms with Crippen molar-refractivity contribution in [2.45, 2.75) is 19.9 Å². The van der Waals surface area contributed by atoms with Crippen LogP contribution in [0.3, 0.4) is 0 Å². The largest absolute Gasteiger partial charge is 0.361 e. The highest BCUT2D eigenvalue weighted by Gasteiger charge is 2.15. The fourth-order valence-corrected chi connectivity index (χ4v) is 2.95. The molecule has 1 aromatic heterocycles. The van der Waals surface area contributed by atoms with Crippen molar-refractivity contribution in [2.24, 2.45) is 5.92 Å². The van der Waals surface area contributed by atoms with Gasteiger partial charge in [-0.1, -0.05) is 48.9 Å². The van der Waals surface area contributed by atoms with E-state index in [0.717, 1.165) is 11.1 Å². The Labute approximate surface area is 140 Å². The number of halogens is 1. The summed E-state index contributed by atoms with van der Waals surface area (Å²) >= 11 is 5.96. The van der Waals surface area contributed by atoms with Crippen LogP contribution in [0.15, 0.2) is 54.7 Å². The lowest BCUT2D eigenvalue weighted by molar-refractivity contribution is -0.124. The Balaban J connectivity index is 1.61. The van der Waals surface area contributed by atoms with Crippen LogP contribution in [0.1, 0.15) is 18.1 Å². The summed E-state index contributed by atoms with van der Waals surface area (Å²) in [4.78, 5) is 15.6. The monoisotopic (exact) mass is 326 g/mol. The number of nitrogens with one attached hydrogen (secondary N) is 2. The first-order valence-corrected chi connectivity index (χ1v) is 8.08. The van der Waals surface area contributed by atoms with E-state index in [4.69, 9.17) is 11.6 Å². The molecule has 4 heteroatoms.